The topological polar surface area (TPSA) is 58.6 Å². The Hall–Kier alpha value is -1.97. The average molecular weight is 235 g/mol. The Morgan fingerprint density at radius 2 is 1.82 bits per heavy atom. The second-order valence-electron chi connectivity index (χ2n) is 3.45. The number of carbonyl (C=O) groups is 1. The molecule has 0 radical (unpaired) electrons. The highest BCUT2D eigenvalue weighted by molar-refractivity contribution is 5.72. The fraction of sp³-hybridized carbons (Fsp3) is 0.308. The molecule has 0 saturated heterocycles. The van der Waals surface area contributed by atoms with E-state index in [-0.39, 0.29) is 6.42 Å². The highest BCUT2D eigenvalue weighted by Crippen LogP contribution is 2.31. The number of rotatable bonds is 5. The van der Waals surface area contributed by atoms with Crippen LogP contribution in [0.25, 0.3) is 6.08 Å². The van der Waals surface area contributed by atoms with Crippen LogP contribution in [0.5, 0.6) is 11.5 Å². The van der Waals surface area contributed by atoms with Crippen molar-refractivity contribution in [1.82, 2.24) is 0 Å². The number of ether oxygens (including phenoxy) is 2. The maximum absolute atomic E-state index is 10.7. The SMILES string of the molecule is C/C=C\c1cc(OC)c(CC(=O)[O-])c(OC)c1. The van der Waals surface area contributed by atoms with Crippen molar-refractivity contribution in [3.8, 4) is 11.5 Å². The van der Waals surface area contributed by atoms with Crippen LogP contribution >= 0.6 is 0 Å². The van der Waals surface area contributed by atoms with Crippen LogP contribution in [0, 0.1) is 0 Å². The number of carboxylic acids is 1. The number of carboxylic acid groups (broad SMARTS) is 1. The first-order valence-corrected chi connectivity index (χ1v) is 5.19. The molecule has 4 nitrogen and oxygen atoms in total. The van der Waals surface area contributed by atoms with Crippen molar-refractivity contribution in [2.24, 2.45) is 0 Å². The summed E-state index contributed by atoms with van der Waals surface area (Å²) in [5.41, 5.74) is 1.38. The molecule has 0 aromatic heterocycles. The van der Waals surface area contributed by atoms with Crippen LogP contribution in [-0.4, -0.2) is 20.2 Å². The monoisotopic (exact) mass is 235 g/mol. The van der Waals surface area contributed by atoms with Crippen molar-refractivity contribution >= 4 is 12.0 Å². The highest BCUT2D eigenvalue weighted by atomic mass is 16.5. The molecular weight excluding hydrogens is 220 g/mol. The molecule has 1 aromatic rings. The van der Waals surface area contributed by atoms with E-state index in [0.29, 0.717) is 17.1 Å². The number of carbonyl (C=O) groups excluding carboxylic acids is 1. The quantitative estimate of drug-likeness (QED) is 0.764. The summed E-state index contributed by atoms with van der Waals surface area (Å²) in [5, 5.41) is 10.7. The van der Waals surface area contributed by atoms with Crippen LogP contribution in [0.15, 0.2) is 18.2 Å². The summed E-state index contributed by atoms with van der Waals surface area (Å²) in [6, 6.07) is 3.53. The molecule has 92 valence electrons. The zero-order valence-electron chi connectivity index (χ0n) is 10.1. The molecule has 0 aliphatic heterocycles. The molecule has 0 heterocycles. The third-order valence-electron chi connectivity index (χ3n) is 2.31. The molecule has 1 rings (SSSR count). The molecular formula is C13H15O4-. The highest BCUT2D eigenvalue weighted by Gasteiger charge is 2.11. The molecule has 0 amide bonds. The fourth-order valence-electron chi connectivity index (χ4n) is 1.61. The largest absolute Gasteiger partial charge is 0.550 e. The number of hydrogen-bond acceptors (Lipinski definition) is 4. The maximum Gasteiger partial charge on any atom is 0.126 e. The number of aliphatic carboxylic acids is 1. The molecule has 4 heteroatoms. The smallest absolute Gasteiger partial charge is 0.126 e. The summed E-state index contributed by atoms with van der Waals surface area (Å²) < 4.78 is 10.3. The number of hydrogen-bond donors (Lipinski definition) is 0. The van der Waals surface area contributed by atoms with E-state index in [1.807, 2.05) is 19.1 Å². The van der Waals surface area contributed by atoms with E-state index in [4.69, 9.17) is 9.47 Å². The van der Waals surface area contributed by atoms with Gasteiger partial charge in [-0.15, -0.1) is 0 Å². The van der Waals surface area contributed by atoms with Crippen molar-refractivity contribution in [2.75, 3.05) is 14.2 Å². The second kappa shape index (κ2) is 5.94. The van der Waals surface area contributed by atoms with E-state index in [0.717, 1.165) is 5.56 Å². The lowest BCUT2D eigenvalue weighted by molar-refractivity contribution is -0.304. The number of methoxy groups -OCH3 is 2. The predicted octanol–water partition coefficient (Wildman–Crippen LogP) is 1.03. The molecule has 0 N–H and O–H groups in total. The van der Waals surface area contributed by atoms with Crippen molar-refractivity contribution in [3.63, 3.8) is 0 Å². The lowest BCUT2D eigenvalue weighted by Gasteiger charge is -2.14. The normalized spacial score (nSPS) is 10.5. The van der Waals surface area contributed by atoms with Gasteiger partial charge >= 0.3 is 0 Å². The summed E-state index contributed by atoms with van der Waals surface area (Å²) in [6.45, 7) is 1.90. The van der Waals surface area contributed by atoms with Crippen LogP contribution < -0.4 is 14.6 Å². The van der Waals surface area contributed by atoms with Crippen LogP contribution in [0.3, 0.4) is 0 Å². The van der Waals surface area contributed by atoms with Gasteiger partial charge in [0.05, 0.1) is 14.2 Å². The Bertz CT molecular complexity index is 410. The zero-order valence-corrected chi connectivity index (χ0v) is 10.1. The predicted molar refractivity (Wildman–Crippen MR) is 63.0 cm³/mol. The standard InChI is InChI=1S/C13H16O4/c1-4-5-9-6-11(16-2)10(8-13(14)15)12(7-9)17-3/h4-7H,8H2,1-3H3,(H,14,15)/p-1/b5-4-. The summed E-state index contributed by atoms with van der Waals surface area (Å²) in [6.07, 6.45) is 3.53. The molecule has 0 saturated carbocycles. The molecule has 17 heavy (non-hydrogen) atoms. The van der Waals surface area contributed by atoms with Gasteiger partial charge in [-0.2, -0.15) is 0 Å². The van der Waals surface area contributed by atoms with E-state index >= 15 is 0 Å². The Kier molecular flexibility index (Phi) is 4.57. The van der Waals surface area contributed by atoms with Gasteiger partial charge in [-0.25, -0.2) is 0 Å². The van der Waals surface area contributed by atoms with E-state index in [1.165, 1.54) is 14.2 Å². The van der Waals surface area contributed by atoms with Crippen LogP contribution in [-0.2, 0) is 11.2 Å². The van der Waals surface area contributed by atoms with E-state index < -0.39 is 5.97 Å². The second-order valence-corrected chi connectivity index (χ2v) is 3.45. The van der Waals surface area contributed by atoms with Crippen molar-refractivity contribution in [2.45, 2.75) is 13.3 Å². The van der Waals surface area contributed by atoms with E-state index in [1.54, 1.807) is 12.1 Å². The van der Waals surface area contributed by atoms with Gasteiger partial charge in [0.15, 0.2) is 0 Å². The average Bonchev–Trinajstić information content (AvgIpc) is 2.30. The zero-order chi connectivity index (χ0) is 12.8. The van der Waals surface area contributed by atoms with Gasteiger partial charge < -0.3 is 19.4 Å². The minimum atomic E-state index is -1.17. The first-order valence-electron chi connectivity index (χ1n) is 5.19. The molecule has 0 bridgehead atoms. The van der Waals surface area contributed by atoms with Crippen LogP contribution in [0.1, 0.15) is 18.1 Å². The lowest BCUT2D eigenvalue weighted by atomic mass is 10.1. The van der Waals surface area contributed by atoms with Crippen LogP contribution in [0.2, 0.25) is 0 Å². The van der Waals surface area contributed by atoms with Crippen molar-refractivity contribution in [3.05, 3.63) is 29.3 Å². The van der Waals surface area contributed by atoms with Gasteiger partial charge in [0, 0.05) is 18.0 Å². The first-order chi connectivity index (χ1) is 8.12. The summed E-state index contributed by atoms with van der Waals surface area (Å²) in [4.78, 5) is 10.7. The first kappa shape index (κ1) is 13.1. The van der Waals surface area contributed by atoms with E-state index in [9.17, 15) is 9.90 Å². The molecule has 0 unspecified atom stereocenters. The molecule has 1 aromatic carbocycles. The molecule has 0 atom stereocenters. The Balaban J connectivity index is 3.30. The van der Waals surface area contributed by atoms with Gasteiger partial charge in [-0.3, -0.25) is 0 Å². The van der Waals surface area contributed by atoms with Gasteiger partial charge in [0.25, 0.3) is 0 Å². The van der Waals surface area contributed by atoms with E-state index in [2.05, 4.69) is 0 Å². The van der Waals surface area contributed by atoms with Gasteiger partial charge in [-0.05, 0) is 24.6 Å². The molecule has 0 fully saturated rings. The Morgan fingerprint density at radius 3 is 2.18 bits per heavy atom. The van der Waals surface area contributed by atoms with Gasteiger partial charge in [-0.1, -0.05) is 12.2 Å². The third kappa shape index (κ3) is 3.24. The summed E-state index contributed by atoms with van der Waals surface area (Å²) >= 11 is 0. The number of allylic oxidation sites excluding steroid dienone is 1. The summed E-state index contributed by atoms with van der Waals surface area (Å²) in [5.74, 6) is -0.191. The number of benzene rings is 1. The Labute approximate surface area is 100 Å². The van der Waals surface area contributed by atoms with Crippen molar-refractivity contribution < 1.29 is 19.4 Å². The van der Waals surface area contributed by atoms with Gasteiger partial charge in [0.2, 0.25) is 0 Å². The summed E-state index contributed by atoms with van der Waals surface area (Å²) in [7, 11) is 2.99. The molecule has 0 aliphatic rings. The maximum atomic E-state index is 10.7. The van der Waals surface area contributed by atoms with Gasteiger partial charge in [0.1, 0.15) is 11.5 Å². The fourth-order valence-corrected chi connectivity index (χ4v) is 1.61. The third-order valence-corrected chi connectivity index (χ3v) is 2.31. The molecule has 0 aliphatic carbocycles. The minimum absolute atomic E-state index is 0.234. The minimum Gasteiger partial charge on any atom is -0.550 e. The Morgan fingerprint density at radius 1 is 1.29 bits per heavy atom. The van der Waals surface area contributed by atoms with Crippen molar-refractivity contribution in [1.29, 1.82) is 0 Å². The molecule has 0 spiro atoms. The lowest BCUT2D eigenvalue weighted by Crippen LogP contribution is -2.24. The van der Waals surface area contributed by atoms with Crippen LogP contribution in [0.4, 0.5) is 0 Å².